The van der Waals surface area contributed by atoms with Crippen molar-refractivity contribution in [2.75, 3.05) is 0 Å². The Morgan fingerprint density at radius 2 is 1.93 bits per heavy atom. The maximum absolute atomic E-state index is 12.3. The van der Waals surface area contributed by atoms with E-state index in [4.69, 9.17) is 10.9 Å². The van der Waals surface area contributed by atoms with Gasteiger partial charge in [0, 0.05) is 12.1 Å². The molecule has 0 heterocycles. The van der Waals surface area contributed by atoms with E-state index in [-0.39, 0.29) is 5.92 Å². The minimum atomic E-state index is -4.53. The molecule has 0 saturated heterocycles. The molecule has 0 spiro atoms. The molecule has 0 radical (unpaired) electrons. The molecule has 0 aliphatic heterocycles. The molecule has 0 aliphatic carbocycles. The van der Waals surface area contributed by atoms with E-state index in [0.29, 0.717) is 6.42 Å². The zero-order chi connectivity index (χ0) is 11.4. The largest absolute Gasteiger partial charge is 0.413 e. The fourth-order valence-electron chi connectivity index (χ4n) is 1.22. The lowest BCUT2D eigenvalue weighted by atomic mass is 9.86. The molecule has 0 aliphatic rings. The van der Waals surface area contributed by atoms with Crippen molar-refractivity contribution in [3.63, 3.8) is 0 Å². The van der Waals surface area contributed by atoms with Gasteiger partial charge in [-0.3, -0.25) is 0 Å². The van der Waals surface area contributed by atoms with Gasteiger partial charge in [0.2, 0.25) is 0 Å². The minimum Gasteiger partial charge on any atom is -0.313 e. The third kappa shape index (κ3) is 3.08. The summed E-state index contributed by atoms with van der Waals surface area (Å²) < 4.78 is 37.0. The van der Waals surface area contributed by atoms with E-state index in [9.17, 15) is 13.2 Å². The molecule has 0 fully saturated rings. The van der Waals surface area contributed by atoms with Crippen LogP contribution in [-0.2, 0) is 0 Å². The van der Waals surface area contributed by atoms with Crippen molar-refractivity contribution in [3.8, 4) is 0 Å². The number of nitrogens with zero attached hydrogens (tertiary/aromatic N) is 1. The predicted octanol–water partition coefficient (Wildman–Crippen LogP) is 3.26. The molecule has 3 nitrogen and oxygen atoms in total. The van der Waals surface area contributed by atoms with Gasteiger partial charge in [0.25, 0.3) is 0 Å². The molecule has 3 atom stereocenters. The Morgan fingerprint density at radius 1 is 1.43 bits per heavy atom. The van der Waals surface area contributed by atoms with Crippen LogP contribution in [0.4, 0.5) is 13.2 Å². The molecule has 0 aromatic heterocycles. The van der Waals surface area contributed by atoms with Crippen LogP contribution in [0.15, 0.2) is 5.11 Å². The summed E-state index contributed by atoms with van der Waals surface area (Å²) in [5, 5.41) is 9.51. The van der Waals surface area contributed by atoms with E-state index in [1.54, 1.807) is 13.8 Å². The summed E-state index contributed by atoms with van der Waals surface area (Å²) in [6.07, 6.45) is -3.26. The SMILES string of the molecule is CC[C@H](C)[C@@H](C=N)C(N=N)C(F)(F)F. The van der Waals surface area contributed by atoms with Gasteiger partial charge in [-0.05, 0) is 5.92 Å². The first-order chi connectivity index (χ1) is 6.38. The summed E-state index contributed by atoms with van der Waals surface area (Å²) in [6.45, 7) is 3.37. The van der Waals surface area contributed by atoms with Crippen LogP contribution in [0, 0.1) is 22.8 Å². The van der Waals surface area contributed by atoms with Gasteiger partial charge in [-0.15, -0.1) is 0 Å². The van der Waals surface area contributed by atoms with Gasteiger partial charge in [0.1, 0.15) is 0 Å². The minimum absolute atomic E-state index is 0.298. The third-order valence-corrected chi connectivity index (χ3v) is 2.33. The van der Waals surface area contributed by atoms with Crippen LogP contribution in [0.25, 0.3) is 0 Å². The number of rotatable bonds is 5. The van der Waals surface area contributed by atoms with Gasteiger partial charge in [-0.2, -0.15) is 18.3 Å². The number of hydrogen-bond acceptors (Lipinski definition) is 3. The van der Waals surface area contributed by atoms with Gasteiger partial charge in [-0.25, -0.2) is 5.53 Å². The van der Waals surface area contributed by atoms with Crippen molar-refractivity contribution in [2.45, 2.75) is 32.5 Å². The third-order valence-electron chi connectivity index (χ3n) is 2.33. The molecule has 0 amide bonds. The van der Waals surface area contributed by atoms with Gasteiger partial charge in [0.05, 0.1) is 0 Å². The first-order valence-corrected chi connectivity index (χ1v) is 4.32. The fourth-order valence-corrected chi connectivity index (χ4v) is 1.22. The molecule has 14 heavy (non-hydrogen) atoms. The highest BCUT2D eigenvalue weighted by atomic mass is 19.4. The van der Waals surface area contributed by atoms with E-state index >= 15 is 0 Å². The fraction of sp³-hybridized carbons (Fsp3) is 0.875. The van der Waals surface area contributed by atoms with Crippen LogP contribution in [0.3, 0.4) is 0 Å². The number of nitrogens with one attached hydrogen (secondary N) is 2. The van der Waals surface area contributed by atoms with Crippen molar-refractivity contribution in [1.82, 2.24) is 0 Å². The molecule has 0 aromatic carbocycles. The Labute approximate surface area is 80.7 Å². The van der Waals surface area contributed by atoms with Crippen molar-refractivity contribution >= 4 is 6.21 Å². The average Bonchev–Trinajstić information content (AvgIpc) is 2.10. The van der Waals surface area contributed by atoms with Crippen LogP contribution in [0.5, 0.6) is 0 Å². The molecule has 0 bridgehead atoms. The Balaban J connectivity index is 4.79. The summed E-state index contributed by atoms with van der Waals surface area (Å²) in [5.74, 6) is -1.33. The molecule has 0 rings (SSSR count). The number of alkyl halides is 3. The van der Waals surface area contributed by atoms with Gasteiger partial charge in [-0.1, -0.05) is 20.3 Å². The van der Waals surface area contributed by atoms with Crippen molar-refractivity contribution in [1.29, 1.82) is 10.9 Å². The average molecular weight is 209 g/mol. The van der Waals surface area contributed by atoms with Crippen LogP contribution >= 0.6 is 0 Å². The van der Waals surface area contributed by atoms with Gasteiger partial charge < -0.3 is 5.41 Å². The Bertz CT molecular complexity index is 202. The van der Waals surface area contributed by atoms with E-state index in [1.165, 1.54) is 0 Å². The second-order valence-corrected chi connectivity index (χ2v) is 3.25. The predicted molar refractivity (Wildman–Crippen MR) is 46.7 cm³/mol. The lowest BCUT2D eigenvalue weighted by Crippen LogP contribution is -2.38. The summed E-state index contributed by atoms with van der Waals surface area (Å²) >= 11 is 0. The quantitative estimate of drug-likeness (QED) is 0.515. The first-order valence-electron chi connectivity index (χ1n) is 4.32. The highest BCUT2D eigenvalue weighted by Gasteiger charge is 2.45. The number of halogens is 3. The monoisotopic (exact) mass is 209 g/mol. The summed E-state index contributed by atoms with van der Waals surface area (Å²) in [6, 6.07) is -2.07. The standard InChI is InChI=1S/C8H14F3N3/c1-3-5(2)6(4-12)7(14-13)8(9,10)11/h4-7,12-13H,3H2,1-2H3/t5-,6+,7?/m0/s1. The first kappa shape index (κ1) is 13.1. The normalized spacial score (nSPS) is 18.4. The molecule has 2 N–H and O–H groups in total. The summed E-state index contributed by atoms with van der Waals surface area (Å²) in [7, 11) is 0. The number of hydrogen-bond donors (Lipinski definition) is 2. The second-order valence-electron chi connectivity index (χ2n) is 3.25. The highest BCUT2D eigenvalue weighted by Crippen LogP contribution is 2.32. The molecular weight excluding hydrogens is 195 g/mol. The second kappa shape index (κ2) is 5.07. The Morgan fingerprint density at radius 3 is 2.14 bits per heavy atom. The van der Waals surface area contributed by atoms with Crippen LogP contribution in [0.2, 0.25) is 0 Å². The molecule has 0 aromatic rings. The zero-order valence-electron chi connectivity index (χ0n) is 8.10. The van der Waals surface area contributed by atoms with Gasteiger partial charge in [0.15, 0.2) is 6.04 Å². The van der Waals surface area contributed by atoms with E-state index in [2.05, 4.69) is 5.11 Å². The van der Waals surface area contributed by atoms with Crippen molar-refractivity contribution in [2.24, 2.45) is 17.0 Å². The van der Waals surface area contributed by atoms with Crippen LogP contribution in [-0.4, -0.2) is 18.4 Å². The molecule has 6 heteroatoms. The van der Waals surface area contributed by atoms with E-state index in [1.807, 2.05) is 0 Å². The zero-order valence-corrected chi connectivity index (χ0v) is 8.10. The lowest BCUT2D eigenvalue weighted by Gasteiger charge is -2.25. The van der Waals surface area contributed by atoms with E-state index in [0.717, 1.165) is 6.21 Å². The molecule has 1 unspecified atom stereocenters. The highest BCUT2D eigenvalue weighted by molar-refractivity contribution is 5.58. The van der Waals surface area contributed by atoms with Crippen molar-refractivity contribution < 1.29 is 13.2 Å². The van der Waals surface area contributed by atoms with Crippen molar-refractivity contribution in [3.05, 3.63) is 0 Å². The molecule has 82 valence electrons. The summed E-state index contributed by atoms with van der Waals surface area (Å²) in [4.78, 5) is 0. The maximum atomic E-state index is 12.3. The van der Waals surface area contributed by atoms with E-state index < -0.39 is 18.1 Å². The van der Waals surface area contributed by atoms with Gasteiger partial charge >= 0.3 is 6.18 Å². The topological polar surface area (TPSA) is 60.1 Å². The summed E-state index contributed by atoms with van der Waals surface area (Å²) in [5.41, 5.74) is 6.52. The molecular formula is C8H14F3N3. The van der Waals surface area contributed by atoms with Crippen LogP contribution < -0.4 is 0 Å². The maximum Gasteiger partial charge on any atom is 0.413 e. The molecule has 0 saturated carbocycles. The lowest BCUT2D eigenvalue weighted by molar-refractivity contribution is -0.158. The Kier molecular flexibility index (Phi) is 4.73. The Hall–Kier alpha value is -0.940. The smallest absolute Gasteiger partial charge is 0.313 e. The van der Waals surface area contributed by atoms with Crippen LogP contribution in [0.1, 0.15) is 20.3 Å².